The number of hydrogen-bond donors (Lipinski definition) is 1. The lowest BCUT2D eigenvalue weighted by molar-refractivity contribution is -0.142. The van der Waals surface area contributed by atoms with Gasteiger partial charge in [0.2, 0.25) is 0 Å². The number of carbonyl (C=O) groups is 1. The van der Waals surface area contributed by atoms with E-state index in [-0.39, 0.29) is 5.41 Å². The molecule has 0 amide bonds. The number of aliphatic carboxylic acids is 1. The third-order valence-corrected chi connectivity index (χ3v) is 5.61. The molecule has 0 aliphatic heterocycles. The molecular weight excluding hydrogens is 224 g/mol. The maximum absolute atomic E-state index is 11.3. The first-order valence-electron chi connectivity index (χ1n) is 7.85. The first kappa shape index (κ1) is 13.9. The minimum Gasteiger partial charge on any atom is -0.481 e. The highest BCUT2D eigenvalue weighted by molar-refractivity contribution is 5.67. The van der Waals surface area contributed by atoms with Crippen LogP contribution in [-0.2, 0) is 4.79 Å². The maximum Gasteiger partial charge on any atom is 0.303 e. The van der Waals surface area contributed by atoms with Crippen LogP contribution in [0, 0.1) is 17.3 Å². The summed E-state index contributed by atoms with van der Waals surface area (Å²) in [6.07, 6.45) is 13.4. The van der Waals surface area contributed by atoms with Gasteiger partial charge < -0.3 is 5.11 Å². The first-order chi connectivity index (χ1) is 8.63. The van der Waals surface area contributed by atoms with Gasteiger partial charge >= 0.3 is 5.97 Å². The molecule has 0 heterocycles. The first-order valence-corrected chi connectivity index (χ1v) is 7.85. The molecule has 104 valence electrons. The van der Waals surface area contributed by atoms with Crippen molar-refractivity contribution < 1.29 is 9.90 Å². The second-order valence-corrected chi connectivity index (χ2v) is 6.75. The van der Waals surface area contributed by atoms with Gasteiger partial charge in [-0.3, -0.25) is 4.79 Å². The van der Waals surface area contributed by atoms with Crippen molar-refractivity contribution in [1.29, 1.82) is 0 Å². The molecule has 0 atom stereocenters. The van der Waals surface area contributed by atoms with Gasteiger partial charge in [0.25, 0.3) is 0 Å². The molecule has 2 nitrogen and oxygen atoms in total. The largest absolute Gasteiger partial charge is 0.481 e. The standard InChI is InChI=1S/C16H28O2/c1-16(12-15(17)18,13-8-4-2-5-9-13)14-10-6-3-7-11-14/h13-14H,2-12H2,1H3,(H,17,18). The van der Waals surface area contributed by atoms with Gasteiger partial charge in [0.1, 0.15) is 0 Å². The van der Waals surface area contributed by atoms with Gasteiger partial charge in [0.15, 0.2) is 0 Å². The van der Waals surface area contributed by atoms with Crippen molar-refractivity contribution in [3.05, 3.63) is 0 Å². The van der Waals surface area contributed by atoms with E-state index in [4.69, 9.17) is 0 Å². The highest BCUT2D eigenvalue weighted by atomic mass is 16.4. The van der Waals surface area contributed by atoms with Crippen molar-refractivity contribution in [2.45, 2.75) is 77.6 Å². The fourth-order valence-corrected chi connectivity index (χ4v) is 4.47. The molecule has 0 radical (unpaired) electrons. The Morgan fingerprint density at radius 1 is 0.944 bits per heavy atom. The van der Waals surface area contributed by atoms with E-state index in [9.17, 15) is 9.90 Å². The van der Waals surface area contributed by atoms with Crippen molar-refractivity contribution in [3.63, 3.8) is 0 Å². The molecule has 0 aromatic heterocycles. The summed E-state index contributed by atoms with van der Waals surface area (Å²) in [6.45, 7) is 2.28. The van der Waals surface area contributed by atoms with Gasteiger partial charge in [0, 0.05) is 0 Å². The Kier molecular flexibility index (Phi) is 4.69. The summed E-state index contributed by atoms with van der Waals surface area (Å²) < 4.78 is 0. The molecule has 0 aromatic rings. The maximum atomic E-state index is 11.3. The van der Waals surface area contributed by atoms with E-state index >= 15 is 0 Å². The van der Waals surface area contributed by atoms with Crippen LogP contribution in [0.5, 0.6) is 0 Å². The van der Waals surface area contributed by atoms with E-state index in [1.165, 1.54) is 64.2 Å². The van der Waals surface area contributed by atoms with Crippen LogP contribution in [0.4, 0.5) is 0 Å². The fourth-order valence-electron chi connectivity index (χ4n) is 4.47. The van der Waals surface area contributed by atoms with Crippen LogP contribution in [-0.4, -0.2) is 11.1 Å². The van der Waals surface area contributed by atoms with E-state index in [0.717, 1.165) is 0 Å². The molecule has 0 spiro atoms. The second kappa shape index (κ2) is 6.08. The Morgan fingerprint density at radius 2 is 1.33 bits per heavy atom. The van der Waals surface area contributed by atoms with Crippen molar-refractivity contribution in [3.8, 4) is 0 Å². The van der Waals surface area contributed by atoms with Crippen molar-refractivity contribution in [1.82, 2.24) is 0 Å². The van der Waals surface area contributed by atoms with Crippen LogP contribution in [0.3, 0.4) is 0 Å². The second-order valence-electron chi connectivity index (χ2n) is 6.75. The molecule has 0 unspecified atom stereocenters. The summed E-state index contributed by atoms with van der Waals surface area (Å²) in [7, 11) is 0. The summed E-state index contributed by atoms with van der Waals surface area (Å²) in [4.78, 5) is 11.3. The number of carboxylic acid groups (broad SMARTS) is 1. The van der Waals surface area contributed by atoms with Crippen LogP contribution < -0.4 is 0 Å². The lowest BCUT2D eigenvalue weighted by atomic mass is 9.58. The molecule has 2 heteroatoms. The summed E-state index contributed by atoms with van der Waals surface area (Å²) in [5.41, 5.74) is 0.0622. The van der Waals surface area contributed by atoms with E-state index in [0.29, 0.717) is 18.3 Å². The van der Waals surface area contributed by atoms with Crippen molar-refractivity contribution in [2.24, 2.45) is 17.3 Å². The molecule has 0 aromatic carbocycles. The molecule has 2 aliphatic carbocycles. The van der Waals surface area contributed by atoms with Gasteiger partial charge in [-0.05, 0) is 42.9 Å². The third-order valence-electron chi connectivity index (χ3n) is 5.61. The van der Waals surface area contributed by atoms with E-state index in [1.54, 1.807) is 0 Å². The van der Waals surface area contributed by atoms with Crippen molar-refractivity contribution >= 4 is 5.97 Å². The number of rotatable bonds is 4. The van der Waals surface area contributed by atoms with E-state index in [1.807, 2.05) is 0 Å². The summed E-state index contributed by atoms with van der Waals surface area (Å²) in [5, 5.41) is 9.31. The highest BCUT2D eigenvalue weighted by Gasteiger charge is 2.43. The smallest absolute Gasteiger partial charge is 0.303 e. The zero-order valence-electron chi connectivity index (χ0n) is 11.8. The van der Waals surface area contributed by atoms with E-state index < -0.39 is 5.97 Å². The molecule has 1 N–H and O–H groups in total. The molecule has 2 fully saturated rings. The minimum atomic E-state index is -0.589. The average molecular weight is 252 g/mol. The molecule has 2 saturated carbocycles. The Morgan fingerprint density at radius 3 is 1.67 bits per heavy atom. The summed E-state index contributed by atoms with van der Waals surface area (Å²) >= 11 is 0. The van der Waals surface area contributed by atoms with Crippen LogP contribution in [0.15, 0.2) is 0 Å². The molecular formula is C16H28O2. The lowest BCUT2D eigenvalue weighted by Crippen LogP contribution is -2.39. The average Bonchev–Trinajstić information content (AvgIpc) is 2.40. The number of hydrogen-bond acceptors (Lipinski definition) is 1. The summed E-state index contributed by atoms with van der Waals surface area (Å²) in [6, 6.07) is 0. The van der Waals surface area contributed by atoms with Gasteiger partial charge in [-0.15, -0.1) is 0 Å². The molecule has 18 heavy (non-hydrogen) atoms. The van der Waals surface area contributed by atoms with Crippen LogP contribution in [0.1, 0.15) is 77.6 Å². The molecule has 2 aliphatic rings. The molecule has 0 bridgehead atoms. The Labute approximate surface area is 111 Å². The van der Waals surface area contributed by atoms with Gasteiger partial charge in [0.05, 0.1) is 6.42 Å². The van der Waals surface area contributed by atoms with Crippen LogP contribution in [0.2, 0.25) is 0 Å². The molecule has 0 saturated heterocycles. The fraction of sp³-hybridized carbons (Fsp3) is 0.938. The van der Waals surface area contributed by atoms with Gasteiger partial charge in [-0.2, -0.15) is 0 Å². The lowest BCUT2D eigenvalue weighted by Gasteiger charge is -2.46. The zero-order chi connectivity index (χ0) is 13.0. The Bertz CT molecular complexity index is 255. The van der Waals surface area contributed by atoms with Crippen molar-refractivity contribution in [2.75, 3.05) is 0 Å². The van der Waals surface area contributed by atoms with Gasteiger partial charge in [-0.1, -0.05) is 45.4 Å². The summed E-state index contributed by atoms with van der Waals surface area (Å²) in [5.74, 6) is 0.726. The predicted octanol–water partition coefficient (Wildman–Crippen LogP) is 4.63. The van der Waals surface area contributed by atoms with Crippen LogP contribution >= 0.6 is 0 Å². The normalized spacial score (nSPS) is 24.1. The monoisotopic (exact) mass is 252 g/mol. The topological polar surface area (TPSA) is 37.3 Å². The Hall–Kier alpha value is -0.530. The number of carboxylic acids is 1. The van der Waals surface area contributed by atoms with Crippen LogP contribution in [0.25, 0.3) is 0 Å². The highest BCUT2D eigenvalue weighted by Crippen LogP contribution is 2.50. The zero-order valence-corrected chi connectivity index (χ0v) is 11.8. The van der Waals surface area contributed by atoms with Gasteiger partial charge in [-0.25, -0.2) is 0 Å². The Balaban J connectivity index is 2.11. The van der Waals surface area contributed by atoms with E-state index in [2.05, 4.69) is 6.92 Å². The predicted molar refractivity (Wildman–Crippen MR) is 73.5 cm³/mol. The molecule has 2 rings (SSSR count). The minimum absolute atomic E-state index is 0.0622. The SMILES string of the molecule is CC(CC(=O)O)(C1CCCCC1)C1CCCCC1. The quantitative estimate of drug-likeness (QED) is 0.792. The third kappa shape index (κ3) is 3.07.